The Bertz CT molecular complexity index is 605. The number of halogens is 3. The average molecular weight is 301 g/mol. The van der Waals surface area contributed by atoms with Crippen LogP contribution in [-0.2, 0) is 22.2 Å². The molecular weight excluding hydrogens is 283 g/mol. The molecule has 116 valence electrons. The van der Waals surface area contributed by atoms with Crippen LogP contribution < -0.4 is 0 Å². The van der Waals surface area contributed by atoms with E-state index in [0.29, 0.717) is 31.9 Å². The number of ether oxygens (including phenoxy) is 2. The molecule has 1 heterocycles. The molecule has 2 aromatic rings. The van der Waals surface area contributed by atoms with Gasteiger partial charge < -0.3 is 14.0 Å². The smallest absolute Gasteiger partial charge is 0.382 e. The number of alkyl halides is 3. The van der Waals surface area contributed by atoms with Crippen molar-refractivity contribution in [3.05, 3.63) is 35.5 Å². The summed E-state index contributed by atoms with van der Waals surface area (Å²) in [5.41, 5.74) is 0.775. The quantitative estimate of drug-likeness (QED) is 0.761. The maximum Gasteiger partial charge on any atom is 0.417 e. The lowest BCUT2D eigenvalue weighted by molar-refractivity contribution is -0.136. The molecule has 1 aromatic heterocycles. The van der Waals surface area contributed by atoms with Gasteiger partial charge in [-0.1, -0.05) is 6.07 Å². The van der Waals surface area contributed by atoms with E-state index in [1.165, 1.54) is 6.07 Å². The van der Waals surface area contributed by atoms with Gasteiger partial charge in [0.15, 0.2) is 0 Å². The van der Waals surface area contributed by atoms with Crippen LogP contribution in [0.4, 0.5) is 13.2 Å². The number of rotatable bonds is 6. The number of fused-ring (bicyclic) bond motifs is 1. The van der Waals surface area contributed by atoms with Gasteiger partial charge in [-0.05, 0) is 25.1 Å². The summed E-state index contributed by atoms with van der Waals surface area (Å²) in [4.78, 5) is 0. The normalized spacial score (nSPS) is 12.2. The second-order valence-electron chi connectivity index (χ2n) is 4.78. The summed E-state index contributed by atoms with van der Waals surface area (Å²) in [6, 6.07) is 5.83. The summed E-state index contributed by atoms with van der Waals surface area (Å²) in [6.07, 6.45) is -4.34. The van der Waals surface area contributed by atoms with Crippen LogP contribution in [-0.4, -0.2) is 31.5 Å². The Labute approximate surface area is 121 Å². The van der Waals surface area contributed by atoms with Gasteiger partial charge in [-0.15, -0.1) is 0 Å². The molecule has 0 N–H and O–H groups in total. The molecule has 21 heavy (non-hydrogen) atoms. The maximum absolute atomic E-state index is 13.0. The summed E-state index contributed by atoms with van der Waals surface area (Å²) in [5, 5.41) is 0.236. The van der Waals surface area contributed by atoms with Crippen molar-refractivity contribution in [2.24, 2.45) is 0 Å². The molecule has 0 radical (unpaired) electrons. The van der Waals surface area contributed by atoms with Gasteiger partial charge in [0.1, 0.15) is 0 Å². The van der Waals surface area contributed by atoms with Crippen molar-refractivity contribution in [1.82, 2.24) is 4.57 Å². The Kier molecular flexibility index (Phi) is 4.90. The fourth-order valence-electron chi connectivity index (χ4n) is 2.36. The summed E-state index contributed by atoms with van der Waals surface area (Å²) >= 11 is 0. The Hall–Kier alpha value is -1.53. The van der Waals surface area contributed by atoms with Crippen LogP contribution in [0.2, 0.25) is 0 Å². The van der Waals surface area contributed by atoms with E-state index >= 15 is 0 Å². The lowest BCUT2D eigenvalue weighted by atomic mass is 10.1. The number of aromatic nitrogens is 1. The molecule has 0 spiro atoms. The highest BCUT2D eigenvalue weighted by atomic mass is 19.4. The van der Waals surface area contributed by atoms with Crippen LogP contribution >= 0.6 is 0 Å². The van der Waals surface area contributed by atoms with E-state index in [1.807, 2.05) is 4.57 Å². The van der Waals surface area contributed by atoms with E-state index in [0.717, 1.165) is 11.8 Å². The van der Waals surface area contributed by atoms with Crippen LogP contribution in [0.15, 0.2) is 24.3 Å². The molecule has 1 aromatic carbocycles. The van der Waals surface area contributed by atoms with Gasteiger partial charge in [-0.25, -0.2) is 0 Å². The van der Waals surface area contributed by atoms with Crippen molar-refractivity contribution in [2.75, 3.05) is 26.9 Å². The van der Waals surface area contributed by atoms with Gasteiger partial charge >= 0.3 is 6.18 Å². The third-order valence-corrected chi connectivity index (χ3v) is 3.35. The van der Waals surface area contributed by atoms with Crippen molar-refractivity contribution in [3.63, 3.8) is 0 Å². The molecule has 0 fully saturated rings. The number of aryl methyl sites for hydroxylation is 1. The third kappa shape index (κ3) is 3.57. The highest BCUT2D eigenvalue weighted by Crippen LogP contribution is 2.35. The molecule has 6 heteroatoms. The fraction of sp³-hybridized carbons (Fsp3) is 0.467. The maximum atomic E-state index is 13.0. The number of methoxy groups -OCH3 is 1. The van der Waals surface area contributed by atoms with Crippen LogP contribution in [0.3, 0.4) is 0 Å². The van der Waals surface area contributed by atoms with E-state index < -0.39 is 11.7 Å². The van der Waals surface area contributed by atoms with Crippen LogP contribution in [0.1, 0.15) is 11.3 Å². The van der Waals surface area contributed by atoms with Crippen LogP contribution in [0.25, 0.3) is 10.9 Å². The van der Waals surface area contributed by atoms with Crippen LogP contribution in [0.5, 0.6) is 0 Å². The molecule has 0 unspecified atom stereocenters. The Morgan fingerprint density at radius 1 is 1.14 bits per heavy atom. The largest absolute Gasteiger partial charge is 0.417 e. The van der Waals surface area contributed by atoms with Gasteiger partial charge in [-0.3, -0.25) is 0 Å². The Morgan fingerprint density at radius 3 is 2.57 bits per heavy atom. The summed E-state index contributed by atoms with van der Waals surface area (Å²) in [7, 11) is 1.59. The van der Waals surface area contributed by atoms with Gasteiger partial charge in [-0.2, -0.15) is 13.2 Å². The molecule has 0 bridgehead atoms. The monoisotopic (exact) mass is 301 g/mol. The van der Waals surface area contributed by atoms with Gasteiger partial charge in [0.05, 0.1) is 25.4 Å². The molecule has 0 saturated carbocycles. The number of hydrogen-bond acceptors (Lipinski definition) is 2. The molecule has 0 saturated heterocycles. The summed E-state index contributed by atoms with van der Waals surface area (Å²) in [5.74, 6) is 0. The van der Waals surface area contributed by atoms with Crippen molar-refractivity contribution >= 4 is 10.9 Å². The average Bonchev–Trinajstić information content (AvgIpc) is 2.73. The van der Waals surface area contributed by atoms with E-state index in [2.05, 4.69) is 0 Å². The van der Waals surface area contributed by atoms with E-state index in [-0.39, 0.29) is 5.39 Å². The number of nitrogens with zero attached hydrogens (tertiary/aromatic N) is 1. The van der Waals surface area contributed by atoms with Crippen molar-refractivity contribution < 1.29 is 22.6 Å². The topological polar surface area (TPSA) is 23.4 Å². The molecule has 2 rings (SSSR count). The fourth-order valence-corrected chi connectivity index (χ4v) is 2.36. The molecule has 0 aliphatic heterocycles. The van der Waals surface area contributed by atoms with E-state index in [9.17, 15) is 13.2 Å². The zero-order valence-corrected chi connectivity index (χ0v) is 12.0. The molecule has 0 aliphatic rings. The first-order chi connectivity index (χ1) is 9.95. The zero-order chi connectivity index (χ0) is 15.5. The van der Waals surface area contributed by atoms with Crippen molar-refractivity contribution in [1.29, 1.82) is 0 Å². The second-order valence-corrected chi connectivity index (χ2v) is 4.78. The zero-order valence-electron chi connectivity index (χ0n) is 12.0. The molecule has 0 amide bonds. The summed E-state index contributed by atoms with van der Waals surface area (Å²) < 4.78 is 51.1. The predicted molar refractivity (Wildman–Crippen MR) is 74.4 cm³/mol. The van der Waals surface area contributed by atoms with Gasteiger partial charge in [0, 0.05) is 30.3 Å². The highest BCUT2D eigenvalue weighted by molar-refractivity contribution is 5.85. The third-order valence-electron chi connectivity index (χ3n) is 3.35. The van der Waals surface area contributed by atoms with Crippen LogP contribution in [0, 0.1) is 6.92 Å². The standard InChI is InChI=1S/C15H18F3NO2/c1-11-10-12-13(15(16,17)18)4-3-5-14(12)19(11)6-7-21-9-8-20-2/h3-5,10H,6-9H2,1-2H3. The minimum absolute atomic E-state index is 0.236. The molecule has 0 aliphatic carbocycles. The lowest BCUT2D eigenvalue weighted by Gasteiger charge is -2.11. The molecule has 0 atom stereocenters. The Morgan fingerprint density at radius 2 is 1.90 bits per heavy atom. The summed E-state index contributed by atoms with van der Waals surface area (Å²) in [6.45, 7) is 3.73. The highest BCUT2D eigenvalue weighted by Gasteiger charge is 2.33. The first-order valence-corrected chi connectivity index (χ1v) is 6.68. The molecule has 3 nitrogen and oxygen atoms in total. The number of hydrogen-bond donors (Lipinski definition) is 0. The van der Waals surface area contributed by atoms with Crippen molar-refractivity contribution in [3.8, 4) is 0 Å². The first kappa shape index (κ1) is 15.9. The molecular formula is C15H18F3NO2. The SMILES string of the molecule is COCCOCCn1c(C)cc2c(C(F)(F)F)cccc21. The number of benzene rings is 1. The lowest BCUT2D eigenvalue weighted by Crippen LogP contribution is -2.10. The van der Waals surface area contributed by atoms with E-state index in [4.69, 9.17) is 9.47 Å². The van der Waals surface area contributed by atoms with E-state index in [1.54, 1.807) is 26.2 Å². The van der Waals surface area contributed by atoms with Gasteiger partial charge in [0.2, 0.25) is 0 Å². The second kappa shape index (κ2) is 6.49. The Balaban J connectivity index is 2.23. The predicted octanol–water partition coefficient (Wildman–Crippen LogP) is 3.63. The van der Waals surface area contributed by atoms with Gasteiger partial charge in [0.25, 0.3) is 0 Å². The minimum Gasteiger partial charge on any atom is -0.382 e. The van der Waals surface area contributed by atoms with Crippen molar-refractivity contribution in [2.45, 2.75) is 19.6 Å². The minimum atomic E-state index is -4.34. The first-order valence-electron chi connectivity index (χ1n) is 6.68.